The lowest BCUT2D eigenvalue weighted by molar-refractivity contribution is -0.138. The Morgan fingerprint density at radius 2 is 2.21 bits per heavy atom. The molecule has 7 heteroatoms. The van der Waals surface area contributed by atoms with Crippen molar-refractivity contribution >= 4 is 11.9 Å². The smallest absolute Gasteiger partial charge is 0.325 e. The van der Waals surface area contributed by atoms with E-state index in [4.69, 9.17) is 14.6 Å². The van der Waals surface area contributed by atoms with Crippen LogP contribution in [0.1, 0.15) is 17.3 Å². The number of aliphatic carboxylic acids is 1. The van der Waals surface area contributed by atoms with Crippen LogP contribution in [-0.4, -0.2) is 48.3 Å². The molecule has 0 fully saturated rings. The molecule has 1 atom stereocenters. The molecule has 1 aromatic rings. The number of ether oxygens (including phenoxy) is 2. The third-order valence-electron chi connectivity index (χ3n) is 2.25. The number of nitrogens with zero attached hydrogens (tertiary/aromatic N) is 1. The first-order valence-electron chi connectivity index (χ1n) is 5.66. The number of carboxylic acids is 1. The molecule has 1 aromatic heterocycles. The van der Waals surface area contributed by atoms with Gasteiger partial charge in [0.1, 0.15) is 12.6 Å². The average molecular weight is 268 g/mol. The number of pyridine rings is 1. The molecule has 1 rings (SSSR count). The highest BCUT2D eigenvalue weighted by atomic mass is 16.5. The lowest BCUT2D eigenvalue weighted by Gasteiger charge is -2.10. The summed E-state index contributed by atoms with van der Waals surface area (Å²) in [4.78, 5) is 26.3. The summed E-state index contributed by atoms with van der Waals surface area (Å²) in [5.74, 6) is -1.31. The maximum atomic E-state index is 11.8. The van der Waals surface area contributed by atoms with E-state index in [9.17, 15) is 9.59 Å². The SMILES string of the molecule is COCCOc1cc(C(=O)NC(C)C(=O)O)ccn1. The minimum absolute atomic E-state index is 0.285. The highest BCUT2D eigenvalue weighted by molar-refractivity contribution is 5.96. The predicted octanol–water partition coefficient (Wildman–Crippen LogP) is 0.310. The van der Waals surface area contributed by atoms with Gasteiger partial charge in [0.05, 0.1) is 6.61 Å². The van der Waals surface area contributed by atoms with Crippen LogP contribution < -0.4 is 10.1 Å². The van der Waals surface area contributed by atoms with Crippen molar-refractivity contribution in [3.8, 4) is 5.88 Å². The first-order chi connectivity index (χ1) is 9.04. The molecule has 0 saturated carbocycles. The Kier molecular flexibility index (Phi) is 5.74. The van der Waals surface area contributed by atoms with Crippen LogP contribution in [-0.2, 0) is 9.53 Å². The van der Waals surface area contributed by atoms with Crippen molar-refractivity contribution in [3.05, 3.63) is 23.9 Å². The summed E-state index contributed by atoms with van der Waals surface area (Å²) in [6.07, 6.45) is 1.42. The molecule has 1 unspecified atom stereocenters. The molecule has 1 heterocycles. The highest BCUT2D eigenvalue weighted by Crippen LogP contribution is 2.09. The molecule has 0 saturated heterocycles. The summed E-state index contributed by atoms with van der Waals surface area (Å²) in [5, 5.41) is 11.1. The molecule has 0 bridgehead atoms. The summed E-state index contributed by atoms with van der Waals surface area (Å²) >= 11 is 0. The van der Waals surface area contributed by atoms with E-state index in [1.54, 1.807) is 7.11 Å². The summed E-state index contributed by atoms with van der Waals surface area (Å²) in [5.41, 5.74) is 0.288. The number of amides is 1. The molecule has 0 aliphatic heterocycles. The number of carbonyl (C=O) groups is 2. The van der Waals surface area contributed by atoms with Gasteiger partial charge in [0.15, 0.2) is 0 Å². The number of rotatable bonds is 7. The standard InChI is InChI=1S/C12H16N2O5/c1-8(12(16)17)14-11(15)9-3-4-13-10(7-9)19-6-5-18-2/h3-4,7-8H,5-6H2,1-2H3,(H,14,15)(H,16,17). The van der Waals surface area contributed by atoms with Crippen molar-refractivity contribution in [3.63, 3.8) is 0 Å². The maximum Gasteiger partial charge on any atom is 0.325 e. The zero-order valence-electron chi connectivity index (χ0n) is 10.8. The second-order valence-corrected chi connectivity index (χ2v) is 3.76. The topological polar surface area (TPSA) is 97.8 Å². The molecule has 1 amide bonds. The van der Waals surface area contributed by atoms with Gasteiger partial charge in [-0.05, 0) is 13.0 Å². The van der Waals surface area contributed by atoms with Crippen molar-refractivity contribution in [2.45, 2.75) is 13.0 Å². The Balaban J connectivity index is 2.65. The fourth-order valence-corrected chi connectivity index (χ4v) is 1.20. The van der Waals surface area contributed by atoms with E-state index in [0.717, 1.165) is 0 Å². The summed E-state index contributed by atoms with van der Waals surface area (Å²) < 4.78 is 10.1. The van der Waals surface area contributed by atoms with E-state index in [1.165, 1.54) is 25.3 Å². The number of nitrogens with one attached hydrogen (secondary N) is 1. The van der Waals surface area contributed by atoms with Crippen LogP contribution in [0.3, 0.4) is 0 Å². The van der Waals surface area contributed by atoms with Crippen molar-refractivity contribution in [1.82, 2.24) is 10.3 Å². The van der Waals surface area contributed by atoms with Crippen LogP contribution in [0.2, 0.25) is 0 Å². The molecule has 104 valence electrons. The van der Waals surface area contributed by atoms with Gasteiger partial charge in [-0.3, -0.25) is 9.59 Å². The van der Waals surface area contributed by atoms with Crippen molar-refractivity contribution < 1.29 is 24.2 Å². The molecular formula is C12H16N2O5. The molecular weight excluding hydrogens is 252 g/mol. The second-order valence-electron chi connectivity index (χ2n) is 3.76. The van der Waals surface area contributed by atoms with Gasteiger partial charge >= 0.3 is 5.97 Å². The van der Waals surface area contributed by atoms with Gasteiger partial charge in [0.2, 0.25) is 5.88 Å². The fourth-order valence-electron chi connectivity index (χ4n) is 1.20. The van der Waals surface area contributed by atoms with Crippen LogP contribution in [0.5, 0.6) is 5.88 Å². The fraction of sp³-hybridized carbons (Fsp3) is 0.417. The normalized spacial score (nSPS) is 11.7. The second kappa shape index (κ2) is 7.32. The summed E-state index contributed by atoms with van der Waals surface area (Å²) in [7, 11) is 1.55. The van der Waals surface area contributed by atoms with Crippen LogP contribution in [0.4, 0.5) is 0 Å². The van der Waals surface area contributed by atoms with Gasteiger partial charge in [0, 0.05) is 24.9 Å². The van der Waals surface area contributed by atoms with E-state index in [2.05, 4.69) is 10.3 Å². The number of hydrogen-bond acceptors (Lipinski definition) is 5. The summed E-state index contributed by atoms with van der Waals surface area (Å²) in [6, 6.07) is 1.96. The zero-order valence-corrected chi connectivity index (χ0v) is 10.8. The third-order valence-corrected chi connectivity index (χ3v) is 2.25. The lowest BCUT2D eigenvalue weighted by atomic mass is 10.2. The Morgan fingerprint density at radius 3 is 2.84 bits per heavy atom. The Labute approximate surface area is 110 Å². The largest absolute Gasteiger partial charge is 0.480 e. The van der Waals surface area contributed by atoms with E-state index in [1.807, 2.05) is 0 Å². The molecule has 7 nitrogen and oxygen atoms in total. The molecule has 0 radical (unpaired) electrons. The Morgan fingerprint density at radius 1 is 1.47 bits per heavy atom. The van der Waals surface area contributed by atoms with E-state index >= 15 is 0 Å². The van der Waals surface area contributed by atoms with Crippen LogP contribution in [0.25, 0.3) is 0 Å². The summed E-state index contributed by atoms with van der Waals surface area (Å²) in [6.45, 7) is 2.12. The van der Waals surface area contributed by atoms with Crippen LogP contribution in [0, 0.1) is 0 Å². The first kappa shape index (κ1) is 14.9. The van der Waals surface area contributed by atoms with Gasteiger partial charge < -0.3 is 19.9 Å². The van der Waals surface area contributed by atoms with Gasteiger partial charge in [0.25, 0.3) is 5.91 Å². The predicted molar refractivity (Wildman–Crippen MR) is 66.2 cm³/mol. The zero-order chi connectivity index (χ0) is 14.3. The quantitative estimate of drug-likeness (QED) is 0.691. The van der Waals surface area contributed by atoms with Crippen molar-refractivity contribution in [2.24, 2.45) is 0 Å². The highest BCUT2D eigenvalue weighted by Gasteiger charge is 2.15. The monoisotopic (exact) mass is 268 g/mol. The first-order valence-corrected chi connectivity index (χ1v) is 5.66. The van der Waals surface area contributed by atoms with Gasteiger partial charge in [-0.1, -0.05) is 0 Å². The number of carbonyl (C=O) groups excluding carboxylic acids is 1. The number of carboxylic acid groups (broad SMARTS) is 1. The molecule has 0 spiro atoms. The molecule has 2 N–H and O–H groups in total. The van der Waals surface area contributed by atoms with E-state index in [-0.39, 0.29) is 11.4 Å². The van der Waals surface area contributed by atoms with E-state index in [0.29, 0.717) is 13.2 Å². The molecule has 19 heavy (non-hydrogen) atoms. The molecule has 0 aliphatic rings. The molecule has 0 aromatic carbocycles. The van der Waals surface area contributed by atoms with Crippen molar-refractivity contribution in [1.29, 1.82) is 0 Å². The van der Waals surface area contributed by atoms with Crippen LogP contribution >= 0.6 is 0 Å². The maximum absolute atomic E-state index is 11.8. The third kappa shape index (κ3) is 4.92. The van der Waals surface area contributed by atoms with Crippen LogP contribution in [0.15, 0.2) is 18.3 Å². The molecule has 0 aliphatic carbocycles. The Hall–Kier alpha value is -2.15. The average Bonchev–Trinajstić information content (AvgIpc) is 2.39. The minimum atomic E-state index is -1.10. The number of hydrogen-bond donors (Lipinski definition) is 2. The number of methoxy groups -OCH3 is 1. The van der Waals surface area contributed by atoms with Gasteiger partial charge in [-0.15, -0.1) is 0 Å². The van der Waals surface area contributed by atoms with Crippen molar-refractivity contribution in [2.75, 3.05) is 20.3 Å². The van der Waals surface area contributed by atoms with Gasteiger partial charge in [-0.25, -0.2) is 4.98 Å². The lowest BCUT2D eigenvalue weighted by Crippen LogP contribution is -2.38. The van der Waals surface area contributed by atoms with E-state index < -0.39 is 17.9 Å². The van der Waals surface area contributed by atoms with Gasteiger partial charge in [-0.2, -0.15) is 0 Å². The number of aromatic nitrogens is 1. The Bertz CT molecular complexity index is 450. The minimum Gasteiger partial charge on any atom is -0.480 e.